The van der Waals surface area contributed by atoms with Gasteiger partial charge in [-0.3, -0.25) is 0 Å². The Morgan fingerprint density at radius 3 is 2.56 bits per heavy atom. The van der Waals surface area contributed by atoms with Crippen molar-refractivity contribution in [1.29, 1.82) is 0 Å². The number of aliphatic hydroxyl groups is 1. The van der Waals surface area contributed by atoms with Gasteiger partial charge in [-0.2, -0.15) is 13.2 Å². The van der Waals surface area contributed by atoms with Gasteiger partial charge in [0.1, 0.15) is 0 Å². The number of aliphatic hydroxyl groups excluding tert-OH is 1. The molecule has 3 nitrogen and oxygen atoms in total. The number of hydrogen-bond acceptors (Lipinski definition) is 3. The number of nitrogens with two attached hydrogens (primary N) is 1. The number of ether oxygens (including phenoxy) is 1. The van der Waals surface area contributed by atoms with Gasteiger partial charge >= 0.3 is 6.18 Å². The van der Waals surface area contributed by atoms with Gasteiger partial charge < -0.3 is 15.6 Å². The van der Waals surface area contributed by atoms with E-state index >= 15 is 0 Å². The fourth-order valence-corrected chi connectivity index (χ4v) is 2.07. The molecule has 1 aliphatic carbocycles. The van der Waals surface area contributed by atoms with Crippen LogP contribution in [-0.4, -0.2) is 36.1 Å². The van der Waals surface area contributed by atoms with Crippen molar-refractivity contribution in [3.63, 3.8) is 0 Å². The van der Waals surface area contributed by atoms with Gasteiger partial charge in [0.05, 0.1) is 12.2 Å². The number of alkyl halides is 3. The number of rotatable bonds is 4. The van der Waals surface area contributed by atoms with Crippen LogP contribution in [0.4, 0.5) is 13.2 Å². The molecule has 0 aromatic carbocycles. The first-order valence-corrected chi connectivity index (χ1v) is 5.38. The van der Waals surface area contributed by atoms with Gasteiger partial charge in [-0.25, -0.2) is 0 Å². The summed E-state index contributed by atoms with van der Waals surface area (Å²) in [5.74, 6) is 0.409. The van der Waals surface area contributed by atoms with Crippen LogP contribution in [0.15, 0.2) is 0 Å². The molecule has 1 aliphatic rings. The Bertz CT molecular complexity index is 235. The first kappa shape index (κ1) is 13.7. The molecule has 0 radical (unpaired) electrons. The van der Waals surface area contributed by atoms with Gasteiger partial charge in [-0.05, 0) is 25.2 Å². The highest BCUT2D eigenvalue weighted by Gasteiger charge is 2.42. The van der Waals surface area contributed by atoms with Gasteiger partial charge in [-0.1, -0.05) is 6.92 Å². The van der Waals surface area contributed by atoms with Gasteiger partial charge in [0.25, 0.3) is 0 Å². The molecule has 1 saturated carbocycles. The van der Waals surface area contributed by atoms with E-state index in [4.69, 9.17) is 15.6 Å². The lowest BCUT2D eigenvalue weighted by atomic mass is 10.0. The summed E-state index contributed by atoms with van der Waals surface area (Å²) in [5.41, 5.74) is 4.86. The lowest BCUT2D eigenvalue weighted by Gasteiger charge is -2.29. The monoisotopic (exact) mass is 241 g/mol. The van der Waals surface area contributed by atoms with E-state index in [1.807, 2.05) is 6.92 Å². The topological polar surface area (TPSA) is 55.5 Å². The average Bonchev–Trinajstić information content (AvgIpc) is 2.56. The minimum atomic E-state index is -4.62. The zero-order valence-corrected chi connectivity index (χ0v) is 9.26. The standard InChI is InChI=1S/C10H18F3NO2/c1-7-2-3-9(4-7,6-14)16-5-8(15)10(11,12)13/h7-8,15H,2-6,14H2,1H3. The van der Waals surface area contributed by atoms with E-state index in [0.29, 0.717) is 18.8 Å². The van der Waals surface area contributed by atoms with Crippen molar-refractivity contribution in [3.05, 3.63) is 0 Å². The summed E-state index contributed by atoms with van der Waals surface area (Å²) >= 11 is 0. The van der Waals surface area contributed by atoms with Crippen LogP contribution in [0.5, 0.6) is 0 Å². The second-order valence-corrected chi connectivity index (χ2v) is 4.60. The van der Waals surface area contributed by atoms with E-state index in [9.17, 15) is 13.2 Å². The van der Waals surface area contributed by atoms with Crippen molar-refractivity contribution in [3.8, 4) is 0 Å². The second-order valence-electron chi connectivity index (χ2n) is 4.60. The molecule has 0 heterocycles. The summed E-state index contributed by atoms with van der Waals surface area (Å²) in [4.78, 5) is 0. The molecule has 0 saturated heterocycles. The average molecular weight is 241 g/mol. The van der Waals surface area contributed by atoms with Gasteiger partial charge in [-0.15, -0.1) is 0 Å². The van der Waals surface area contributed by atoms with Crippen LogP contribution in [-0.2, 0) is 4.74 Å². The van der Waals surface area contributed by atoms with E-state index in [0.717, 1.165) is 6.42 Å². The largest absolute Gasteiger partial charge is 0.416 e. The van der Waals surface area contributed by atoms with Crippen LogP contribution in [0.3, 0.4) is 0 Å². The lowest BCUT2D eigenvalue weighted by Crippen LogP contribution is -2.43. The molecular formula is C10H18F3NO2. The lowest BCUT2D eigenvalue weighted by molar-refractivity contribution is -0.227. The quantitative estimate of drug-likeness (QED) is 0.783. The highest BCUT2D eigenvalue weighted by molar-refractivity contribution is 4.91. The van der Waals surface area contributed by atoms with Crippen LogP contribution >= 0.6 is 0 Å². The molecule has 96 valence electrons. The third kappa shape index (κ3) is 3.33. The zero-order valence-electron chi connectivity index (χ0n) is 9.26. The highest BCUT2D eigenvalue weighted by atomic mass is 19.4. The van der Waals surface area contributed by atoms with E-state index in [-0.39, 0.29) is 6.54 Å². The predicted octanol–water partition coefficient (Wildman–Crippen LogP) is 1.44. The SMILES string of the molecule is CC1CCC(CN)(OCC(O)C(F)(F)F)C1. The molecule has 0 aromatic heterocycles. The normalized spacial score (nSPS) is 33.0. The van der Waals surface area contributed by atoms with Crippen LogP contribution in [0.2, 0.25) is 0 Å². The van der Waals surface area contributed by atoms with Crippen molar-refractivity contribution >= 4 is 0 Å². The predicted molar refractivity (Wildman–Crippen MR) is 52.8 cm³/mol. The molecule has 3 unspecified atom stereocenters. The Kier molecular flexibility index (Phi) is 4.20. The summed E-state index contributed by atoms with van der Waals surface area (Å²) in [6, 6.07) is 0. The molecule has 1 fully saturated rings. The van der Waals surface area contributed by atoms with Crippen molar-refractivity contribution in [2.75, 3.05) is 13.2 Å². The van der Waals surface area contributed by atoms with E-state index < -0.39 is 24.5 Å². The van der Waals surface area contributed by atoms with Gasteiger partial charge in [0.2, 0.25) is 0 Å². The van der Waals surface area contributed by atoms with Gasteiger partial charge in [0, 0.05) is 6.54 Å². The van der Waals surface area contributed by atoms with E-state index in [1.54, 1.807) is 0 Å². The van der Waals surface area contributed by atoms with Crippen molar-refractivity contribution < 1.29 is 23.0 Å². The molecule has 3 atom stereocenters. The molecule has 0 bridgehead atoms. The Hall–Kier alpha value is -0.330. The van der Waals surface area contributed by atoms with Crippen LogP contribution in [0, 0.1) is 5.92 Å². The first-order valence-electron chi connectivity index (χ1n) is 5.38. The first-order chi connectivity index (χ1) is 7.29. The molecule has 0 amide bonds. The van der Waals surface area contributed by atoms with Crippen molar-refractivity contribution in [1.82, 2.24) is 0 Å². The van der Waals surface area contributed by atoms with E-state index in [1.165, 1.54) is 0 Å². The molecule has 3 N–H and O–H groups in total. The van der Waals surface area contributed by atoms with Crippen LogP contribution < -0.4 is 5.73 Å². The fraction of sp³-hybridized carbons (Fsp3) is 1.00. The molecule has 0 spiro atoms. The minimum Gasteiger partial charge on any atom is -0.382 e. The summed E-state index contributed by atoms with van der Waals surface area (Å²) in [6.07, 6.45) is -4.82. The Balaban J connectivity index is 2.47. The minimum absolute atomic E-state index is 0.196. The zero-order chi connectivity index (χ0) is 12.4. The summed E-state index contributed by atoms with van der Waals surface area (Å²) in [7, 11) is 0. The van der Waals surface area contributed by atoms with Gasteiger partial charge in [0.15, 0.2) is 6.10 Å². The molecule has 16 heavy (non-hydrogen) atoms. The third-order valence-corrected chi connectivity index (χ3v) is 3.11. The summed E-state index contributed by atoms with van der Waals surface area (Å²) in [5, 5.41) is 8.83. The second kappa shape index (κ2) is 4.89. The van der Waals surface area contributed by atoms with Crippen LogP contribution in [0.1, 0.15) is 26.2 Å². The molecular weight excluding hydrogens is 223 g/mol. The summed E-state index contributed by atoms with van der Waals surface area (Å²) < 4.78 is 41.4. The smallest absolute Gasteiger partial charge is 0.382 e. The maximum Gasteiger partial charge on any atom is 0.416 e. The fourth-order valence-electron chi connectivity index (χ4n) is 2.07. The van der Waals surface area contributed by atoms with Crippen LogP contribution in [0.25, 0.3) is 0 Å². The molecule has 0 aromatic rings. The number of halogens is 3. The molecule has 6 heteroatoms. The highest BCUT2D eigenvalue weighted by Crippen LogP contribution is 2.37. The maximum absolute atomic E-state index is 12.1. The third-order valence-electron chi connectivity index (χ3n) is 3.11. The summed E-state index contributed by atoms with van der Waals surface area (Å²) in [6.45, 7) is 1.48. The Labute approximate surface area is 92.8 Å². The number of hydrogen-bond donors (Lipinski definition) is 2. The molecule has 0 aliphatic heterocycles. The molecule has 1 rings (SSSR count). The van der Waals surface area contributed by atoms with Crippen molar-refractivity contribution in [2.24, 2.45) is 11.7 Å². The van der Waals surface area contributed by atoms with Crippen molar-refractivity contribution in [2.45, 2.75) is 44.1 Å². The Morgan fingerprint density at radius 2 is 2.19 bits per heavy atom. The maximum atomic E-state index is 12.1. The van der Waals surface area contributed by atoms with E-state index in [2.05, 4.69) is 0 Å². The Morgan fingerprint density at radius 1 is 1.56 bits per heavy atom.